The minimum atomic E-state index is -0.839. The van der Waals surface area contributed by atoms with Gasteiger partial charge >= 0.3 is 0 Å². The summed E-state index contributed by atoms with van der Waals surface area (Å²) in [5, 5.41) is 12.6. The van der Waals surface area contributed by atoms with Crippen LogP contribution in [0.3, 0.4) is 0 Å². The van der Waals surface area contributed by atoms with Gasteiger partial charge < -0.3 is 4.90 Å². The minimum Gasteiger partial charge on any atom is -0.369 e. The van der Waals surface area contributed by atoms with Crippen molar-refractivity contribution >= 4 is 32.9 Å². The molecule has 6 nitrogen and oxygen atoms in total. The van der Waals surface area contributed by atoms with Gasteiger partial charge in [-0.1, -0.05) is 13.8 Å². The van der Waals surface area contributed by atoms with Crippen LogP contribution in [0.1, 0.15) is 26.7 Å². The van der Waals surface area contributed by atoms with E-state index in [1.54, 1.807) is 18.5 Å². The fraction of sp³-hybridized carbons (Fsp3) is 0.471. The third kappa shape index (κ3) is 2.66. The standard InChI is InChI=1S/C17H21N3O3S/c1-3-17(4-2)12-19(9-10-24(17)23)15-5-6-16(20(21)22)14-11-18-8-7-13(14)15/h5-8,11H,3-4,9-10,12H2,1-2H3. The van der Waals surface area contributed by atoms with Crippen molar-refractivity contribution in [3.63, 3.8) is 0 Å². The molecule has 2 aromatic rings. The van der Waals surface area contributed by atoms with E-state index in [4.69, 9.17) is 0 Å². The van der Waals surface area contributed by atoms with E-state index in [1.165, 1.54) is 0 Å². The monoisotopic (exact) mass is 347 g/mol. The number of benzene rings is 1. The van der Waals surface area contributed by atoms with Crippen LogP contribution in [0.5, 0.6) is 0 Å². The molecule has 0 aliphatic carbocycles. The van der Waals surface area contributed by atoms with Crippen LogP contribution in [0.15, 0.2) is 30.6 Å². The molecule has 1 atom stereocenters. The first-order valence-corrected chi connectivity index (χ1v) is 9.49. The Morgan fingerprint density at radius 1 is 1.29 bits per heavy atom. The smallest absolute Gasteiger partial charge is 0.278 e. The maximum Gasteiger partial charge on any atom is 0.278 e. The molecule has 0 saturated carbocycles. The molecular weight excluding hydrogens is 326 g/mol. The highest BCUT2D eigenvalue weighted by Gasteiger charge is 2.39. The predicted molar refractivity (Wildman–Crippen MR) is 96.9 cm³/mol. The number of anilines is 1. The Balaban J connectivity index is 2.09. The van der Waals surface area contributed by atoms with E-state index in [1.807, 2.05) is 12.1 Å². The number of aromatic nitrogens is 1. The molecule has 1 aliphatic rings. The zero-order chi connectivity index (χ0) is 17.3. The number of nitro benzene ring substituents is 1. The van der Waals surface area contributed by atoms with Crippen molar-refractivity contribution in [2.24, 2.45) is 0 Å². The second-order valence-corrected chi connectivity index (χ2v) is 8.11. The molecule has 0 bridgehead atoms. The lowest BCUT2D eigenvalue weighted by Gasteiger charge is -2.42. The molecule has 2 heterocycles. The Morgan fingerprint density at radius 2 is 2.04 bits per heavy atom. The van der Waals surface area contributed by atoms with Crippen molar-refractivity contribution in [2.75, 3.05) is 23.7 Å². The van der Waals surface area contributed by atoms with Gasteiger partial charge in [0.1, 0.15) is 0 Å². The molecule has 3 rings (SSSR count). The van der Waals surface area contributed by atoms with E-state index in [9.17, 15) is 14.3 Å². The van der Waals surface area contributed by atoms with Gasteiger partial charge in [0.25, 0.3) is 5.69 Å². The molecule has 24 heavy (non-hydrogen) atoms. The van der Waals surface area contributed by atoms with E-state index in [0.29, 0.717) is 24.2 Å². The van der Waals surface area contributed by atoms with Crippen LogP contribution in [0.4, 0.5) is 11.4 Å². The highest BCUT2D eigenvalue weighted by atomic mass is 32.2. The zero-order valence-electron chi connectivity index (χ0n) is 13.9. The number of rotatable bonds is 4. The van der Waals surface area contributed by atoms with E-state index in [0.717, 1.165) is 23.9 Å². The number of non-ortho nitro benzene ring substituents is 1. The summed E-state index contributed by atoms with van der Waals surface area (Å²) in [7, 11) is -0.839. The molecule has 0 radical (unpaired) electrons. The molecule has 1 aromatic carbocycles. The molecular formula is C17H21N3O3S. The topological polar surface area (TPSA) is 76.3 Å². The third-order valence-electron chi connectivity index (χ3n) is 5.11. The van der Waals surface area contributed by atoms with E-state index in [-0.39, 0.29) is 15.4 Å². The van der Waals surface area contributed by atoms with Crippen LogP contribution >= 0.6 is 0 Å². The average Bonchev–Trinajstić information content (AvgIpc) is 2.61. The quantitative estimate of drug-likeness (QED) is 0.627. The summed E-state index contributed by atoms with van der Waals surface area (Å²) in [6, 6.07) is 5.18. The summed E-state index contributed by atoms with van der Waals surface area (Å²) in [5.74, 6) is 0.630. The second-order valence-electron chi connectivity index (χ2n) is 6.14. The van der Waals surface area contributed by atoms with Crippen molar-refractivity contribution in [3.8, 4) is 0 Å². The number of nitrogens with zero attached hydrogens (tertiary/aromatic N) is 3. The van der Waals surface area contributed by atoms with Crippen LogP contribution in [0.2, 0.25) is 0 Å². The summed E-state index contributed by atoms with van der Waals surface area (Å²) in [5.41, 5.74) is 1.03. The van der Waals surface area contributed by atoms with Gasteiger partial charge in [0, 0.05) is 59.2 Å². The molecule has 1 unspecified atom stereocenters. The number of nitro groups is 1. The largest absolute Gasteiger partial charge is 0.369 e. The van der Waals surface area contributed by atoms with E-state index >= 15 is 0 Å². The molecule has 1 aliphatic heterocycles. The van der Waals surface area contributed by atoms with Gasteiger partial charge in [-0.05, 0) is 25.0 Å². The van der Waals surface area contributed by atoms with Crippen molar-refractivity contribution < 1.29 is 9.13 Å². The van der Waals surface area contributed by atoms with E-state index in [2.05, 4.69) is 23.7 Å². The van der Waals surface area contributed by atoms with E-state index < -0.39 is 10.8 Å². The lowest BCUT2D eigenvalue weighted by Crippen LogP contribution is -2.53. The summed E-state index contributed by atoms with van der Waals surface area (Å²) in [4.78, 5) is 17.2. The van der Waals surface area contributed by atoms with Gasteiger partial charge in [0.15, 0.2) is 0 Å². The lowest BCUT2D eigenvalue weighted by molar-refractivity contribution is -0.383. The van der Waals surface area contributed by atoms with Crippen molar-refractivity contribution in [1.82, 2.24) is 4.98 Å². The van der Waals surface area contributed by atoms with Crippen molar-refractivity contribution in [2.45, 2.75) is 31.4 Å². The maximum atomic E-state index is 12.5. The highest BCUT2D eigenvalue weighted by molar-refractivity contribution is 7.86. The molecule has 0 spiro atoms. The van der Waals surface area contributed by atoms with Crippen LogP contribution in [-0.2, 0) is 10.8 Å². The lowest BCUT2D eigenvalue weighted by atomic mass is 10.00. The zero-order valence-corrected chi connectivity index (χ0v) is 14.7. The van der Waals surface area contributed by atoms with Crippen LogP contribution in [0, 0.1) is 10.1 Å². The second kappa shape index (κ2) is 6.47. The summed E-state index contributed by atoms with van der Waals surface area (Å²) in [6.07, 6.45) is 4.93. The van der Waals surface area contributed by atoms with Gasteiger partial charge in [-0.25, -0.2) is 0 Å². The minimum absolute atomic E-state index is 0.0692. The molecule has 128 valence electrons. The Morgan fingerprint density at radius 3 is 2.71 bits per heavy atom. The number of hydrogen-bond donors (Lipinski definition) is 0. The third-order valence-corrected chi connectivity index (χ3v) is 7.33. The van der Waals surface area contributed by atoms with Crippen LogP contribution in [-0.4, -0.2) is 37.7 Å². The summed E-state index contributed by atoms with van der Waals surface area (Å²) in [6.45, 7) is 5.58. The SMILES string of the molecule is CCC1(CC)CN(c2ccc([N+](=O)[O-])c3cnccc23)CCS1=O. The fourth-order valence-corrected chi connectivity index (χ4v) is 5.27. The number of fused-ring (bicyclic) bond motifs is 1. The van der Waals surface area contributed by atoms with Crippen molar-refractivity contribution in [1.29, 1.82) is 0 Å². The summed E-state index contributed by atoms with van der Waals surface area (Å²) < 4.78 is 12.3. The normalized spacial score (nSPS) is 20.2. The van der Waals surface area contributed by atoms with Crippen LogP contribution in [0.25, 0.3) is 10.8 Å². The molecule has 1 fully saturated rings. The fourth-order valence-electron chi connectivity index (χ4n) is 3.50. The number of pyridine rings is 1. The van der Waals surface area contributed by atoms with Gasteiger partial charge in [0.2, 0.25) is 0 Å². The molecule has 1 aromatic heterocycles. The van der Waals surface area contributed by atoms with Gasteiger partial charge in [-0.2, -0.15) is 0 Å². The Hall–Kier alpha value is -2.02. The first kappa shape index (κ1) is 16.8. The highest BCUT2D eigenvalue weighted by Crippen LogP contribution is 2.37. The Bertz CT molecular complexity index is 805. The molecule has 0 N–H and O–H groups in total. The number of hydrogen-bond acceptors (Lipinski definition) is 5. The first-order chi connectivity index (χ1) is 11.5. The Labute approximate surface area is 143 Å². The maximum absolute atomic E-state index is 12.5. The molecule has 0 amide bonds. The molecule has 7 heteroatoms. The van der Waals surface area contributed by atoms with Gasteiger partial charge in [-0.15, -0.1) is 0 Å². The predicted octanol–water partition coefficient (Wildman–Crippen LogP) is 3.27. The first-order valence-electron chi connectivity index (χ1n) is 8.17. The summed E-state index contributed by atoms with van der Waals surface area (Å²) >= 11 is 0. The Kier molecular flexibility index (Phi) is 4.54. The molecule has 1 saturated heterocycles. The van der Waals surface area contributed by atoms with Gasteiger partial charge in [-0.3, -0.25) is 19.3 Å². The average molecular weight is 347 g/mol. The van der Waals surface area contributed by atoms with Crippen molar-refractivity contribution in [3.05, 3.63) is 40.7 Å². The van der Waals surface area contributed by atoms with Gasteiger partial charge in [0.05, 0.1) is 15.1 Å². The van der Waals surface area contributed by atoms with Crippen LogP contribution < -0.4 is 4.90 Å².